The van der Waals surface area contributed by atoms with Gasteiger partial charge in [-0.2, -0.15) is 0 Å². The second-order valence-corrected chi connectivity index (χ2v) is 4.36. The zero-order chi connectivity index (χ0) is 11.8. The van der Waals surface area contributed by atoms with Crippen molar-refractivity contribution in [2.45, 2.75) is 6.92 Å². The van der Waals surface area contributed by atoms with Gasteiger partial charge in [-0.3, -0.25) is 4.79 Å². The predicted molar refractivity (Wildman–Crippen MR) is 64.1 cm³/mol. The average Bonchev–Trinajstić information content (AvgIpc) is 2.86. The lowest BCUT2D eigenvalue weighted by atomic mass is 10.3. The quantitative estimate of drug-likeness (QED) is 0.775. The largest absolute Gasteiger partial charge is 0.460 e. The number of rotatable bonds is 1. The first-order valence-electron chi connectivity index (χ1n) is 5.83. The molecule has 90 valence electrons. The number of piperazine rings is 1. The number of carbonyl (C=O) groups is 1. The zero-order valence-corrected chi connectivity index (χ0v) is 9.75. The standard InChI is InChI=1S/C12H15N3O2/c1-8-6-9-11(17-8)7-10(14-9)12(16)15-4-2-13-3-5-15/h6-7,13-14H,2-5H2,1H3. The van der Waals surface area contributed by atoms with Crippen molar-refractivity contribution in [2.75, 3.05) is 26.2 Å². The topological polar surface area (TPSA) is 61.3 Å². The molecule has 17 heavy (non-hydrogen) atoms. The molecule has 2 N–H and O–H groups in total. The first-order chi connectivity index (χ1) is 8.24. The van der Waals surface area contributed by atoms with Gasteiger partial charge < -0.3 is 19.6 Å². The Labute approximate surface area is 98.8 Å². The lowest BCUT2D eigenvalue weighted by Crippen LogP contribution is -2.46. The Hall–Kier alpha value is -1.75. The summed E-state index contributed by atoms with van der Waals surface area (Å²) in [6.07, 6.45) is 0. The third kappa shape index (κ3) is 1.82. The normalized spacial score (nSPS) is 16.6. The number of nitrogens with one attached hydrogen (secondary N) is 2. The van der Waals surface area contributed by atoms with E-state index < -0.39 is 0 Å². The lowest BCUT2D eigenvalue weighted by Gasteiger charge is -2.26. The van der Waals surface area contributed by atoms with Crippen LogP contribution in [0.5, 0.6) is 0 Å². The molecule has 3 rings (SSSR count). The van der Waals surface area contributed by atoms with Crippen molar-refractivity contribution in [1.29, 1.82) is 0 Å². The van der Waals surface area contributed by atoms with Gasteiger partial charge in [0.15, 0.2) is 5.58 Å². The molecule has 2 aromatic heterocycles. The van der Waals surface area contributed by atoms with Crippen molar-refractivity contribution < 1.29 is 9.21 Å². The fourth-order valence-electron chi connectivity index (χ4n) is 2.20. The summed E-state index contributed by atoms with van der Waals surface area (Å²) in [6, 6.07) is 3.69. The fourth-order valence-corrected chi connectivity index (χ4v) is 2.20. The van der Waals surface area contributed by atoms with Crippen LogP contribution in [0.25, 0.3) is 11.1 Å². The van der Waals surface area contributed by atoms with Gasteiger partial charge in [-0.05, 0) is 6.92 Å². The molecule has 0 aliphatic carbocycles. The van der Waals surface area contributed by atoms with E-state index in [1.165, 1.54) is 0 Å². The summed E-state index contributed by atoms with van der Waals surface area (Å²) in [5.41, 5.74) is 2.25. The van der Waals surface area contributed by atoms with Crippen LogP contribution in [0.3, 0.4) is 0 Å². The smallest absolute Gasteiger partial charge is 0.270 e. The second-order valence-electron chi connectivity index (χ2n) is 4.36. The lowest BCUT2D eigenvalue weighted by molar-refractivity contribution is 0.0731. The molecule has 1 aliphatic heterocycles. The summed E-state index contributed by atoms with van der Waals surface area (Å²) in [5.74, 6) is 0.906. The zero-order valence-electron chi connectivity index (χ0n) is 9.75. The second kappa shape index (κ2) is 3.92. The van der Waals surface area contributed by atoms with Crippen LogP contribution in [0.4, 0.5) is 0 Å². The van der Waals surface area contributed by atoms with Gasteiger partial charge in [0.2, 0.25) is 0 Å². The van der Waals surface area contributed by atoms with Gasteiger partial charge in [-0.1, -0.05) is 0 Å². The number of aromatic nitrogens is 1. The molecule has 1 amide bonds. The minimum absolute atomic E-state index is 0.0514. The van der Waals surface area contributed by atoms with Gasteiger partial charge in [0.25, 0.3) is 5.91 Å². The fraction of sp³-hybridized carbons (Fsp3) is 0.417. The molecular weight excluding hydrogens is 218 g/mol. The van der Waals surface area contributed by atoms with Crippen LogP contribution in [0, 0.1) is 6.92 Å². The maximum atomic E-state index is 12.2. The molecule has 1 saturated heterocycles. The summed E-state index contributed by atoms with van der Waals surface area (Å²) in [5, 5.41) is 3.23. The third-order valence-electron chi connectivity index (χ3n) is 3.06. The minimum atomic E-state index is 0.0514. The number of hydrogen-bond acceptors (Lipinski definition) is 3. The Morgan fingerprint density at radius 1 is 1.35 bits per heavy atom. The number of amides is 1. The maximum Gasteiger partial charge on any atom is 0.270 e. The van der Waals surface area contributed by atoms with E-state index in [1.54, 1.807) is 6.07 Å². The SMILES string of the molecule is Cc1cc2[nH]c(C(=O)N3CCNCC3)cc2o1. The number of hydrogen-bond donors (Lipinski definition) is 2. The molecular formula is C12H15N3O2. The monoisotopic (exact) mass is 233 g/mol. The molecule has 5 nitrogen and oxygen atoms in total. The van der Waals surface area contributed by atoms with Crippen LogP contribution in [0.15, 0.2) is 16.5 Å². The van der Waals surface area contributed by atoms with E-state index in [0.29, 0.717) is 5.69 Å². The van der Waals surface area contributed by atoms with Crippen molar-refractivity contribution in [3.63, 3.8) is 0 Å². The summed E-state index contributed by atoms with van der Waals surface area (Å²) in [4.78, 5) is 17.1. The first-order valence-corrected chi connectivity index (χ1v) is 5.83. The highest BCUT2D eigenvalue weighted by atomic mass is 16.3. The Kier molecular flexibility index (Phi) is 2.40. The Morgan fingerprint density at radius 2 is 2.12 bits per heavy atom. The molecule has 3 heterocycles. The van der Waals surface area contributed by atoms with Crippen molar-refractivity contribution in [3.8, 4) is 0 Å². The minimum Gasteiger partial charge on any atom is -0.460 e. The first kappa shape index (κ1) is 10.4. The van der Waals surface area contributed by atoms with Crippen molar-refractivity contribution in [3.05, 3.63) is 23.6 Å². The van der Waals surface area contributed by atoms with E-state index in [9.17, 15) is 4.79 Å². The number of furan rings is 1. The van der Waals surface area contributed by atoms with E-state index in [0.717, 1.165) is 43.0 Å². The molecule has 0 bridgehead atoms. The molecule has 0 saturated carbocycles. The Balaban J connectivity index is 1.86. The van der Waals surface area contributed by atoms with Crippen LogP contribution >= 0.6 is 0 Å². The molecule has 0 atom stereocenters. The van der Waals surface area contributed by atoms with E-state index in [-0.39, 0.29) is 5.91 Å². The predicted octanol–water partition coefficient (Wildman–Crippen LogP) is 1.11. The number of carbonyl (C=O) groups excluding carboxylic acids is 1. The highest BCUT2D eigenvalue weighted by Crippen LogP contribution is 2.20. The van der Waals surface area contributed by atoms with Crippen molar-refractivity contribution >= 4 is 17.0 Å². The van der Waals surface area contributed by atoms with Crippen LogP contribution in [-0.4, -0.2) is 42.0 Å². The highest BCUT2D eigenvalue weighted by Gasteiger charge is 2.20. The molecule has 0 unspecified atom stereocenters. The van der Waals surface area contributed by atoms with E-state index >= 15 is 0 Å². The van der Waals surface area contributed by atoms with Crippen LogP contribution < -0.4 is 5.32 Å². The van der Waals surface area contributed by atoms with Gasteiger partial charge in [0.1, 0.15) is 11.5 Å². The average molecular weight is 233 g/mol. The van der Waals surface area contributed by atoms with Gasteiger partial charge in [-0.15, -0.1) is 0 Å². The summed E-state index contributed by atoms with van der Waals surface area (Å²) < 4.78 is 5.47. The summed E-state index contributed by atoms with van der Waals surface area (Å²) >= 11 is 0. The Bertz CT molecular complexity index is 518. The summed E-state index contributed by atoms with van der Waals surface area (Å²) in [6.45, 7) is 5.14. The van der Waals surface area contributed by atoms with Gasteiger partial charge in [-0.25, -0.2) is 0 Å². The third-order valence-corrected chi connectivity index (χ3v) is 3.06. The number of aromatic amines is 1. The Morgan fingerprint density at radius 3 is 2.82 bits per heavy atom. The molecule has 5 heteroatoms. The van der Waals surface area contributed by atoms with Crippen molar-refractivity contribution in [1.82, 2.24) is 15.2 Å². The molecule has 0 aromatic carbocycles. The van der Waals surface area contributed by atoms with E-state index in [2.05, 4.69) is 10.3 Å². The summed E-state index contributed by atoms with van der Waals surface area (Å²) in [7, 11) is 0. The van der Waals surface area contributed by atoms with E-state index in [4.69, 9.17) is 4.42 Å². The molecule has 0 spiro atoms. The molecule has 2 aromatic rings. The highest BCUT2D eigenvalue weighted by molar-refractivity contribution is 5.97. The number of fused-ring (bicyclic) bond motifs is 1. The van der Waals surface area contributed by atoms with Gasteiger partial charge in [0.05, 0.1) is 5.52 Å². The van der Waals surface area contributed by atoms with Crippen LogP contribution in [-0.2, 0) is 0 Å². The van der Waals surface area contributed by atoms with Crippen molar-refractivity contribution in [2.24, 2.45) is 0 Å². The van der Waals surface area contributed by atoms with Gasteiger partial charge >= 0.3 is 0 Å². The number of H-pyrrole nitrogens is 1. The number of nitrogens with zero attached hydrogens (tertiary/aromatic N) is 1. The maximum absolute atomic E-state index is 12.2. The van der Waals surface area contributed by atoms with E-state index in [1.807, 2.05) is 17.9 Å². The molecule has 1 aliphatic rings. The number of aryl methyl sites for hydroxylation is 1. The van der Waals surface area contributed by atoms with Crippen LogP contribution in [0.1, 0.15) is 16.2 Å². The molecule has 1 fully saturated rings. The van der Waals surface area contributed by atoms with Gasteiger partial charge in [0, 0.05) is 38.3 Å². The van der Waals surface area contributed by atoms with Crippen LogP contribution in [0.2, 0.25) is 0 Å². The molecule has 0 radical (unpaired) electrons.